The van der Waals surface area contributed by atoms with E-state index >= 15 is 0 Å². The first-order chi connectivity index (χ1) is 13.8. The maximum Gasteiger partial charge on any atom is 0.254 e. The largest absolute Gasteiger partial charge is 0.348 e. The highest BCUT2D eigenvalue weighted by Gasteiger charge is 2.08. The molecule has 5 heteroatoms. The van der Waals surface area contributed by atoms with Gasteiger partial charge in [0.2, 0.25) is 0 Å². The van der Waals surface area contributed by atoms with Gasteiger partial charge in [0, 0.05) is 36.9 Å². The number of rotatable bonds is 5. The van der Waals surface area contributed by atoms with E-state index in [0.29, 0.717) is 17.9 Å². The Morgan fingerprint density at radius 3 is 2.25 bits per heavy atom. The van der Waals surface area contributed by atoms with Crippen molar-refractivity contribution in [1.82, 2.24) is 20.3 Å². The molecule has 5 nitrogen and oxygen atoms in total. The predicted octanol–water partition coefficient (Wildman–Crippen LogP) is 4.14. The summed E-state index contributed by atoms with van der Waals surface area (Å²) in [7, 11) is 0. The summed E-state index contributed by atoms with van der Waals surface area (Å²) in [5, 5.41) is 2.92. The number of carbonyl (C=O) groups excluding carboxylic acids is 1. The minimum absolute atomic E-state index is 0.202. The quantitative estimate of drug-likeness (QED) is 0.576. The molecule has 1 amide bonds. The van der Waals surface area contributed by atoms with Crippen LogP contribution in [0.3, 0.4) is 0 Å². The number of nitrogens with zero attached hydrogens (tertiary/aromatic N) is 3. The third-order valence-electron chi connectivity index (χ3n) is 4.34. The van der Waals surface area contributed by atoms with Gasteiger partial charge in [-0.25, -0.2) is 9.97 Å². The van der Waals surface area contributed by atoms with E-state index in [1.54, 1.807) is 24.8 Å². The number of benzene rings is 2. The number of hydrogen-bond acceptors (Lipinski definition) is 4. The van der Waals surface area contributed by atoms with Crippen LogP contribution in [0.15, 0.2) is 91.5 Å². The minimum atomic E-state index is -0.202. The molecule has 1 N–H and O–H groups in total. The van der Waals surface area contributed by atoms with Crippen LogP contribution >= 0.6 is 0 Å². The number of carbonyl (C=O) groups is 1. The standard InChI is InChI=1S/C23H18N4O/c28-23(21-15-25-22(26-16-21)19-9-11-24-12-10-19)27-14-17-5-4-8-20(13-17)18-6-2-1-3-7-18/h1-13,15-16H,14H2,(H,27,28). The minimum Gasteiger partial charge on any atom is -0.348 e. The summed E-state index contributed by atoms with van der Waals surface area (Å²) in [6.07, 6.45) is 6.45. The fraction of sp³-hybridized carbons (Fsp3) is 0.0435. The van der Waals surface area contributed by atoms with Crippen molar-refractivity contribution in [3.63, 3.8) is 0 Å². The van der Waals surface area contributed by atoms with Gasteiger partial charge in [0.05, 0.1) is 5.56 Å². The summed E-state index contributed by atoms with van der Waals surface area (Å²) in [6.45, 7) is 0.436. The van der Waals surface area contributed by atoms with E-state index in [9.17, 15) is 4.79 Å². The number of nitrogens with one attached hydrogen (secondary N) is 1. The molecule has 2 heterocycles. The van der Waals surface area contributed by atoms with E-state index in [2.05, 4.69) is 44.5 Å². The highest BCUT2D eigenvalue weighted by Crippen LogP contribution is 2.20. The summed E-state index contributed by atoms with van der Waals surface area (Å²) in [5.74, 6) is 0.362. The van der Waals surface area contributed by atoms with Crippen molar-refractivity contribution in [1.29, 1.82) is 0 Å². The third-order valence-corrected chi connectivity index (χ3v) is 4.34. The molecule has 0 spiro atoms. The molecule has 4 rings (SSSR count). The monoisotopic (exact) mass is 366 g/mol. The molecule has 0 saturated heterocycles. The lowest BCUT2D eigenvalue weighted by molar-refractivity contribution is 0.0950. The average Bonchev–Trinajstić information content (AvgIpc) is 2.79. The molecule has 0 atom stereocenters. The van der Waals surface area contributed by atoms with Gasteiger partial charge in [-0.15, -0.1) is 0 Å². The Hall–Kier alpha value is -3.86. The Kier molecular flexibility index (Phi) is 5.15. The van der Waals surface area contributed by atoms with E-state index in [1.165, 1.54) is 0 Å². The van der Waals surface area contributed by atoms with Gasteiger partial charge < -0.3 is 5.32 Å². The molecule has 28 heavy (non-hydrogen) atoms. The summed E-state index contributed by atoms with van der Waals surface area (Å²) in [4.78, 5) is 25.0. The Morgan fingerprint density at radius 2 is 1.50 bits per heavy atom. The fourth-order valence-electron chi connectivity index (χ4n) is 2.87. The van der Waals surface area contributed by atoms with Gasteiger partial charge in [0.1, 0.15) is 0 Å². The van der Waals surface area contributed by atoms with Crippen LogP contribution in [-0.4, -0.2) is 20.9 Å². The molecule has 0 fully saturated rings. The van der Waals surface area contributed by atoms with Crippen molar-refractivity contribution in [3.8, 4) is 22.5 Å². The van der Waals surface area contributed by atoms with Crippen molar-refractivity contribution in [2.24, 2.45) is 0 Å². The Bertz CT molecular complexity index is 1060. The van der Waals surface area contributed by atoms with E-state index in [1.807, 2.05) is 42.5 Å². The molecular weight excluding hydrogens is 348 g/mol. The Balaban J connectivity index is 1.42. The number of hydrogen-bond donors (Lipinski definition) is 1. The van der Waals surface area contributed by atoms with E-state index in [0.717, 1.165) is 22.3 Å². The van der Waals surface area contributed by atoms with Crippen molar-refractivity contribution < 1.29 is 4.79 Å². The number of pyridine rings is 1. The molecule has 0 unspecified atom stereocenters. The van der Waals surface area contributed by atoms with Crippen LogP contribution < -0.4 is 5.32 Å². The lowest BCUT2D eigenvalue weighted by Gasteiger charge is -2.08. The second-order valence-electron chi connectivity index (χ2n) is 6.28. The maximum atomic E-state index is 12.4. The van der Waals surface area contributed by atoms with E-state index < -0.39 is 0 Å². The maximum absolute atomic E-state index is 12.4. The molecule has 2 aromatic carbocycles. The number of amides is 1. The van der Waals surface area contributed by atoms with Crippen LogP contribution in [0.25, 0.3) is 22.5 Å². The topological polar surface area (TPSA) is 67.8 Å². The Labute approximate surface area is 163 Å². The van der Waals surface area contributed by atoms with Gasteiger partial charge in [-0.05, 0) is 34.9 Å². The molecule has 0 radical (unpaired) electrons. The van der Waals surface area contributed by atoms with Gasteiger partial charge in [-0.2, -0.15) is 0 Å². The smallest absolute Gasteiger partial charge is 0.254 e. The lowest BCUT2D eigenvalue weighted by Crippen LogP contribution is -2.23. The fourth-order valence-corrected chi connectivity index (χ4v) is 2.87. The summed E-state index contributed by atoms with van der Waals surface area (Å²) >= 11 is 0. The molecule has 0 aliphatic rings. The van der Waals surface area contributed by atoms with Gasteiger partial charge >= 0.3 is 0 Å². The van der Waals surface area contributed by atoms with Crippen LogP contribution in [0, 0.1) is 0 Å². The first-order valence-corrected chi connectivity index (χ1v) is 8.94. The zero-order valence-electron chi connectivity index (χ0n) is 15.1. The van der Waals surface area contributed by atoms with E-state index in [4.69, 9.17) is 0 Å². The molecular formula is C23H18N4O. The SMILES string of the molecule is O=C(NCc1cccc(-c2ccccc2)c1)c1cnc(-c2ccncc2)nc1. The van der Waals surface area contributed by atoms with Gasteiger partial charge in [0.15, 0.2) is 5.82 Å². The molecule has 136 valence electrons. The highest BCUT2D eigenvalue weighted by atomic mass is 16.1. The molecule has 2 aromatic heterocycles. The first-order valence-electron chi connectivity index (χ1n) is 8.94. The van der Waals surface area contributed by atoms with Crippen LogP contribution in [0.2, 0.25) is 0 Å². The second-order valence-corrected chi connectivity index (χ2v) is 6.28. The highest BCUT2D eigenvalue weighted by molar-refractivity contribution is 5.93. The molecule has 0 aliphatic carbocycles. The van der Waals surface area contributed by atoms with Gasteiger partial charge in [-0.3, -0.25) is 9.78 Å². The molecule has 4 aromatic rings. The van der Waals surface area contributed by atoms with Crippen molar-refractivity contribution in [2.75, 3.05) is 0 Å². The molecule has 0 bridgehead atoms. The van der Waals surface area contributed by atoms with Gasteiger partial charge in [-0.1, -0.05) is 48.5 Å². The molecule has 0 saturated carbocycles. The first kappa shape index (κ1) is 17.5. The second kappa shape index (κ2) is 8.22. The zero-order valence-corrected chi connectivity index (χ0v) is 15.1. The van der Waals surface area contributed by atoms with Crippen LogP contribution in [-0.2, 0) is 6.54 Å². The van der Waals surface area contributed by atoms with E-state index in [-0.39, 0.29) is 5.91 Å². The van der Waals surface area contributed by atoms with Gasteiger partial charge in [0.25, 0.3) is 5.91 Å². The lowest BCUT2D eigenvalue weighted by atomic mass is 10.0. The van der Waals surface area contributed by atoms with Crippen LogP contribution in [0.5, 0.6) is 0 Å². The Morgan fingerprint density at radius 1 is 0.786 bits per heavy atom. The summed E-state index contributed by atoms with van der Waals surface area (Å²) < 4.78 is 0. The van der Waals surface area contributed by atoms with Crippen LogP contribution in [0.4, 0.5) is 0 Å². The zero-order chi connectivity index (χ0) is 19.2. The average molecular weight is 366 g/mol. The number of aromatic nitrogens is 3. The third kappa shape index (κ3) is 4.10. The molecule has 0 aliphatic heterocycles. The van der Waals surface area contributed by atoms with Crippen LogP contribution in [0.1, 0.15) is 15.9 Å². The predicted molar refractivity (Wildman–Crippen MR) is 108 cm³/mol. The van der Waals surface area contributed by atoms with Crippen molar-refractivity contribution in [3.05, 3.63) is 103 Å². The normalized spacial score (nSPS) is 10.4. The van der Waals surface area contributed by atoms with Crippen molar-refractivity contribution >= 4 is 5.91 Å². The van der Waals surface area contributed by atoms with Crippen molar-refractivity contribution in [2.45, 2.75) is 6.54 Å². The summed E-state index contributed by atoms with van der Waals surface area (Å²) in [5.41, 5.74) is 4.59. The summed E-state index contributed by atoms with van der Waals surface area (Å²) in [6, 6.07) is 22.0.